The number of halogens is 1. The molecule has 0 heterocycles. The van der Waals surface area contributed by atoms with Gasteiger partial charge in [-0.05, 0) is 55.2 Å². The molecule has 0 saturated carbocycles. The molecular weight excluding hydrogens is 263 g/mol. The summed E-state index contributed by atoms with van der Waals surface area (Å²) in [7, 11) is 0. The van der Waals surface area contributed by atoms with Crippen molar-refractivity contribution in [2.75, 3.05) is 0 Å². The van der Waals surface area contributed by atoms with Crippen LogP contribution < -0.4 is 0 Å². The van der Waals surface area contributed by atoms with E-state index in [-0.39, 0.29) is 0 Å². The van der Waals surface area contributed by atoms with Crippen LogP contribution in [-0.2, 0) is 5.67 Å². The number of rotatable bonds is 3. The fourth-order valence-corrected chi connectivity index (χ4v) is 2.14. The van der Waals surface area contributed by atoms with Crippen LogP contribution in [0, 0.1) is 6.92 Å². The number of hydrogen-bond acceptors (Lipinski definition) is 1. The summed E-state index contributed by atoms with van der Waals surface area (Å²) in [5.74, 6) is 0. The predicted octanol–water partition coefficient (Wildman–Crippen LogP) is 5.71. The molecule has 0 aliphatic heterocycles. The van der Waals surface area contributed by atoms with Gasteiger partial charge in [0.15, 0.2) is 0 Å². The third-order valence-electron chi connectivity index (χ3n) is 3.25. The van der Waals surface area contributed by atoms with Crippen molar-refractivity contribution in [1.82, 2.24) is 0 Å². The number of benzene rings is 2. The van der Waals surface area contributed by atoms with Gasteiger partial charge in [-0.2, -0.15) is 0 Å². The van der Waals surface area contributed by atoms with E-state index in [0.29, 0.717) is 11.1 Å². The molecule has 0 aliphatic rings. The fourth-order valence-electron chi connectivity index (χ4n) is 2.14. The molecule has 0 atom stereocenters. The molecule has 0 N–H and O–H groups in total. The number of carbonyl (C=O) groups excluding carboxylic acids is 1. The summed E-state index contributed by atoms with van der Waals surface area (Å²) in [6, 6.07) is 13.0. The molecule has 2 aromatic carbocycles. The van der Waals surface area contributed by atoms with Crippen LogP contribution in [-0.4, -0.2) is 6.29 Å². The lowest BCUT2D eigenvalue weighted by Crippen LogP contribution is -2.08. The van der Waals surface area contributed by atoms with E-state index in [2.05, 4.69) is 0 Å². The second kappa shape index (κ2) is 7.16. The monoisotopic (exact) mass is 286 g/mol. The summed E-state index contributed by atoms with van der Waals surface area (Å²) in [4.78, 5) is 10.7. The third-order valence-corrected chi connectivity index (χ3v) is 3.25. The summed E-state index contributed by atoms with van der Waals surface area (Å²) in [5, 5.41) is 0. The Hall–Kier alpha value is -1.96. The molecule has 2 aromatic rings. The minimum Gasteiger partial charge on any atom is -0.298 e. The minimum absolute atomic E-state index is 0.656. The summed E-state index contributed by atoms with van der Waals surface area (Å²) in [5.41, 5.74) is 2.97. The first kappa shape index (κ1) is 17.1. The lowest BCUT2D eigenvalue weighted by molar-refractivity contribution is 0.112. The van der Waals surface area contributed by atoms with Gasteiger partial charge in [0.05, 0.1) is 0 Å². The first-order valence-corrected chi connectivity index (χ1v) is 7.27. The van der Waals surface area contributed by atoms with Crippen molar-refractivity contribution in [2.24, 2.45) is 0 Å². The topological polar surface area (TPSA) is 17.1 Å². The molecule has 0 amide bonds. The van der Waals surface area contributed by atoms with Gasteiger partial charge in [-0.1, -0.05) is 44.2 Å². The number of carbonyl (C=O) groups is 1. The van der Waals surface area contributed by atoms with Crippen LogP contribution in [0.15, 0.2) is 42.5 Å². The lowest BCUT2D eigenvalue weighted by Gasteiger charge is -2.16. The fraction of sp³-hybridized carbons (Fsp3) is 0.316. The van der Waals surface area contributed by atoms with E-state index in [9.17, 15) is 9.18 Å². The van der Waals surface area contributed by atoms with Crippen molar-refractivity contribution >= 4 is 6.29 Å². The van der Waals surface area contributed by atoms with Crippen LogP contribution in [0.5, 0.6) is 0 Å². The maximum Gasteiger partial charge on any atom is 0.150 e. The number of alkyl halides is 1. The summed E-state index contributed by atoms with van der Waals surface area (Å²) in [6.45, 7) is 9.05. The zero-order valence-electron chi connectivity index (χ0n) is 13.4. The van der Waals surface area contributed by atoms with Gasteiger partial charge in [0.25, 0.3) is 0 Å². The molecule has 0 spiro atoms. The molecule has 0 aliphatic carbocycles. The minimum atomic E-state index is -1.35. The molecule has 1 nitrogen and oxygen atoms in total. The predicted molar refractivity (Wildman–Crippen MR) is 87.5 cm³/mol. The molecule has 0 aromatic heterocycles. The Bertz CT molecular complexity index is 609. The molecule has 2 heteroatoms. The lowest BCUT2D eigenvalue weighted by atomic mass is 9.93. The highest BCUT2D eigenvalue weighted by molar-refractivity contribution is 5.78. The highest BCUT2D eigenvalue weighted by Crippen LogP contribution is 2.30. The molecule has 112 valence electrons. The molecular formula is C19H23FO. The third kappa shape index (κ3) is 4.25. The van der Waals surface area contributed by atoms with E-state index in [1.54, 1.807) is 26.0 Å². The summed E-state index contributed by atoms with van der Waals surface area (Å²) >= 11 is 0. The molecule has 0 saturated heterocycles. The van der Waals surface area contributed by atoms with Gasteiger partial charge < -0.3 is 0 Å². The molecule has 2 rings (SSSR count). The molecule has 0 bridgehead atoms. The maximum absolute atomic E-state index is 14.0. The van der Waals surface area contributed by atoms with Crippen molar-refractivity contribution in [3.63, 3.8) is 0 Å². The van der Waals surface area contributed by atoms with Gasteiger partial charge in [-0.25, -0.2) is 4.39 Å². The second-order valence-electron chi connectivity index (χ2n) is 5.25. The van der Waals surface area contributed by atoms with Gasteiger partial charge in [-0.15, -0.1) is 0 Å². The Morgan fingerprint density at radius 3 is 2.24 bits per heavy atom. The highest BCUT2D eigenvalue weighted by atomic mass is 19.1. The number of hydrogen-bond donors (Lipinski definition) is 0. The number of aldehydes is 1. The van der Waals surface area contributed by atoms with Crippen LogP contribution in [0.4, 0.5) is 4.39 Å². The van der Waals surface area contributed by atoms with E-state index in [1.807, 2.05) is 51.1 Å². The van der Waals surface area contributed by atoms with Gasteiger partial charge in [0.1, 0.15) is 12.0 Å². The van der Waals surface area contributed by atoms with E-state index >= 15 is 0 Å². The molecule has 21 heavy (non-hydrogen) atoms. The average molecular weight is 286 g/mol. The zero-order valence-corrected chi connectivity index (χ0v) is 13.4. The van der Waals surface area contributed by atoms with Gasteiger partial charge in [-0.3, -0.25) is 4.79 Å². The van der Waals surface area contributed by atoms with E-state index in [0.717, 1.165) is 23.0 Å². The first-order chi connectivity index (χ1) is 9.91. The second-order valence-corrected chi connectivity index (χ2v) is 5.25. The van der Waals surface area contributed by atoms with Crippen molar-refractivity contribution in [3.8, 4) is 11.1 Å². The largest absolute Gasteiger partial charge is 0.298 e. The van der Waals surface area contributed by atoms with Crippen molar-refractivity contribution in [1.29, 1.82) is 0 Å². The van der Waals surface area contributed by atoms with Crippen LogP contribution >= 0.6 is 0 Å². The SMILES string of the molecule is CC.Cc1cc(C=O)ccc1-c1cccc(C(C)(C)F)c1. The summed E-state index contributed by atoms with van der Waals surface area (Å²) in [6.07, 6.45) is 0.831. The van der Waals surface area contributed by atoms with E-state index in [1.165, 1.54) is 0 Å². The number of aryl methyl sites for hydroxylation is 1. The Labute approximate surface area is 126 Å². The van der Waals surface area contributed by atoms with Crippen LogP contribution in [0.1, 0.15) is 49.2 Å². The van der Waals surface area contributed by atoms with Crippen molar-refractivity contribution in [2.45, 2.75) is 40.3 Å². The van der Waals surface area contributed by atoms with Gasteiger partial charge in [0.2, 0.25) is 0 Å². The highest BCUT2D eigenvalue weighted by Gasteiger charge is 2.19. The van der Waals surface area contributed by atoms with Crippen LogP contribution in [0.3, 0.4) is 0 Å². The standard InChI is InChI=1S/C17H17FO.C2H6/c1-12-9-13(11-19)7-8-16(12)14-5-4-6-15(10-14)17(2,3)18;1-2/h4-11H,1-3H3;1-2H3. The maximum atomic E-state index is 14.0. The Morgan fingerprint density at radius 2 is 1.71 bits per heavy atom. The summed E-state index contributed by atoms with van der Waals surface area (Å²) < 4.78 is 14.0. The van der Waals surface area contributed by atoms with Crippen LogP contribution in [0.25, 0.3) is 11.1 Å². The Balaban J connectivity index is 0.00000106. The van der Waals surface area contributed by atoms with Gasteiger partial charge >= 0.3 is 0 Å². The molecule has 0 unspecified atom stereocenters. The van der Waals surface area contributed by atoms with E-state index < -0.39 is 5.67 Å². The van der Waals surface area contributed by atoms with Crippen molar-refractivity contribution < 1.29 is 9.18 Å². The van der Waals surface area contributed by atoms with E-state index in [4.69, 9.17) is 0 Å². The molecule has 0 fully saturated rings. The van der Waals surface area contributed by atoms with Crippen LogP contribution in [0.2, 0.25) is 0 Å². The average Bonchev–Trinajstić information content (AvgIpc) is 2.48. The Kier molecular flexibility index (Phi) is 5.83. The zero-order chi connectivity index (χ0) is 16.0. The normalized spacial score (nSPS) is 10.6. The van der Waals surface area contributed by atoms with Crippen molar-refractivity contribution in [3.05, 3.63) is 59.2 Å². The Morgan fingerprint density at radius 1 is 1.05 bits per heavy atom. The quantitative estimate of drug-likeness (QED) is 0.661. The smallest absolute Gasteiger partial charge is 0.150 e. The first-order valence-electron chi connectivity index (χ1n) is 7.27. The molecule has 0 radical (unpaired) electrons. The van der Waals surface area contributed by atoms with Gasteiger partial charge in [0, 0.05) is 5.56 Å².